The lowest BCUT2D eigenvalue weighted by Crippen LogP contribution is -2.07. The van der Waals surface area contributed by atoms with Gasteiger partial charge in [-0.25, -0.2) is 9.79 Å². The fourth-order valence-corrected chi connectivity index (χ4v) is 1.41. The van der Waals surface area contributed by atoms with Crippen LogP contribution < -0.4 is 0 Å². The molecular weight excluding hydrogens is 272 g/mol. The molecule has 1 aromatic carbocycles. The molecule has 0 amide bonds. The lowest BCUT2D eigenvalue weighted by atomic mass is 10.2. The minimum absolute atomic E-state index is 0.117. The number of esters is 1. The van der Waals surface area contributed by atoms with Crippen LogP contribution >= 0.6 is 0 Å². The van der Waals surface area contributed by atoms with Crippen molar-refractivity contribution in [3.63, 3.8) is 0 Å². The lowest BCUT2D eigenvalue weighted by molar-refractivity contribution is -0.129. The number of aromatic hydroxyl groups is 2. The van der Waals surface area contributed by atoms with Gasteiger partial charge >= 0.3 is 5.97 Å². The maximum absolute atomic E-state index is 11.6. The van der Waals surface area contributed by atoms with Gasteiger partial charge in [-0.2, -0.15) is 0 Å². The van der Waals surface area contributed by atoms with E-state index in [0.29, 0.717) is 5.56 Å². The summed E-state index contributed by atoms with van der Waals surface area (Å²) in [5.74, 6) is -0.993. The smallest absolute Gasteiger partial charge is 0.337 e. The number of phenolic OH excluding ortho intramolecular Hbond substituents is 2. The summed E-state index contributed by atoms with van der Waals surface area (Å²) in [6.07, 6.45) is 10.2. The Kier molecular flexibility index (Phi) is 4.66. The monoisotopic (exact) mass is 284 g/mol. The quantitative estimate of drug-likeness (QED) is 0.494. The van der Waals surface area contributed by atoms with Crippen molar-refractivity contribution in [3.8, 4) is 11.5 Å². The van der Waals surface area contributed by atoms with Gasteiger partial charge in [-0.15, -0.1) is 0 Å². The average molecular weight is 284 g/mol. The molecule has 0 saturated heterocycles. The van der Waals surface area contributed by atoms with Crippen LogP contribution in [-0.4, -0.2) is 28.3 Å². The van der Waals surface area contributed by atoms with Gasteiger partial charge in [-0.3, -0.25) is 4.99 Å². The molecule has 0 atom stereocenters. The van der Waals surface area contributed by atoms with E-state index in [1.165, 1.54) is 42.8 Å². The molecular formula is C15H12N2O4. The standard InChI is InChI=1S/C15H12N2O4/c18-12-4-2-11(10-13(12)19)3-5-15(20)21-14-6-9-16-7-1-8-17-14/h1-10,18-19H/b5-3?,7-1?,8-1-,9-6-,14-6?,16-7-,16-9?,17-8?,17-14+. The Bertz CT molecular complexity index is 685. The van der Waals surface area contributed by atoms with Gasteiger partial charge in [0.25, 0.3) is 0 Å². The van der Waals surface area contributed by atoms with Crippen molar-refractivity contribution in [1.29, 1.82) is 0 Å². The third kappa shape index (κ3) is 4.46. The molecule has 1 aliphatic rings. The maximum atomic E-state index is 11.6. The predicted molar refractivity (Wildman–Crippen MR) is 79.1 cm³/mol. The summed E-state index contributed by atoms with van der Waals surface area (Å²) in [6, 6.07) is 4.19. The normalized spacial score (nSPS) is 20.9. The molecule has 6 nitrogen and oxygen atoms in total. The topological polar surface area (TPSA) is 91.5 Å². The number of hydrogen-bond acceptors (Lipinski definition) is 6. The van der Waals surface area contributed by atoms with Crippen LogP contribution in [0.1, 0.15) is 5.56 Å². The molecule has 0 saturated carbocycles. The zero-order valence-corrected chi connectivity index (χ0v) is 10.9. The molecule has 2 rings (SSSR count). The Morgan fingerprint density at radius 2 is 2.05 bits per heavy atom. The van der Waals surface area contributed by atoms with Crippen LogP contribution in [-0.2, 0) is 9.53 Å². The number of rotatable bonds is 2. The molecule has 0 fully saturated rings. The average Bonchev–Trinajstić information content (AvgIpc) is 2.43. The summed E-state index contributed by atoms with van der Waals surface area (Å²) < 4.78 is 5.00. The van der Waals surface area contributed by atoms with Gasteiger partial charge in [0.15, 0.2) is 11.5 Å². The first-order valence-corrected chi connectivity index (χ1v) is 6.00. The van der Waals surface area contributed by atoms with Gasteiger partial charge in [-0.05, 0) is 29.8 Å². The number of aliphatic imine (C=N–C) groups is 2. The fraction of sp³-hybridized carbons (Fsp3) is 0. The van der Waals surface area contributed by atoms with Gasteiger partial charge in [0, 0.05) is 30.8 Å². The highest BCUT2D eigenvalue weighted by atomic mass is 16.5. The second-order valence-electron chi connectivity index (χ2n) is 3.93. The van der Waals surface area contributed by atoms with Crippen molar-refractivity contribution in [2.45, 2.75) is 0 Å². The summed E-state index contributed by atoms with van der Waals surface area (Å²) in [6.45, 7) is 0. The predicted octanol–water partition coefficient (Wildman–Crippen LogP) is 2.16. The van der Waals surface area contributed by atoms with Crippen LogP contribution in [0.3, 0.4) is 0 Å². The van der Waals surface area contributed by atoms with Crippen molar-refractivity contribution in [1.82, 2.24) is 0 Å². The van der Waals surface area contributed by atoms with Gasteiger partial charge in [0.05, 0.1) is 0 Å². The van der Waals surface area contributed by atoms with E-state index in [9.17, 15) is 15.0 Å². The van der Waals surface area contributed by atoms with Crippen LogP contribution in [0.15, 0.2) is 58.8 Å². The lowest BCUT2D eigenvalue weighted by Gasteiger charge is -2.01. The van der Waals surface area contributed by atoms with Crippen molar-refractivity contribution in [3.05, 3.63) is 54.4 Å². The largest absolute Gasteiger partial charge is 0.504 e. The second-order valence-corrected chi connectivity index (χ2v) is 3.93. The van der Waals surface area contributed by atoms with E-state index in [0.717, 1.165) is 0 Å². The van der Waals surface area contributed by atoms with Crippen LogP contribution in [0, 0.1) is 0 Å². The number of benzene rings is 1. The number of ether oxygens (including phenoxy) is 1. The van der Waals surface area contributed by atoms with E-state index >= 15 is 0 Å². The van der Waals surface area contributed by atoms with Gasteiger partial charge in [0.2, 0.25) is 5.90 Å². The minimum atomic E-state index is -0.621. The van der Waals surface area contributed by atoms with Gasteiger partial charge in [0.1, 0.15) is 0 Å². The van der Waals surface area contributed by atoms with Crippen molar-refractivity contribution < 1.29 is 19.7 Å². The number of carbonyl (C=O) groups is 1. The summed E-state index contributed by atoms with van der Waals surface area (Å²) in [5.41, 5.74) is 0.543. The summed E-state index contributed by atoms with van der Waals surface area (Å²) in [5, 5.41) is 18.5. The van der Waals surface area contributed by atoms with Crippen LogP contribution in [0.5, 0.6) is 11.5 Å². The molecule has 1 aliphatic heterocycles. The Morgan fingerprint density at radius 1 is 1.19 bits per heavy atom. The SMILES string of the molecule is O=C(C=Cc1ccc(O)c(O)c1)OC1=N/C=C\C=N/C=C\1. The summed E-state index contributed by atoms with van der Waals surface area (Å²) in [4.78, 5) is 19.4. The molecule has 21 heavy (non-hydrogen) atoms. The number of phenols is 2. The third-order valence-electron chi connectivity index (χ3n) is 2.38. The molecule has 6 heteroatoms. The highest BCUT2D eigenvalue weighted by Crippen LogP contribution is 2.25. The number of hydrogen-bond donors (Lipinski definition) is 2. The van der Waals surface area contributed by atoms with Crippen LogP contribution in [0.25, 0.3) is 6.08 Å². The van der Waals surface area contributed by atoms with Gasteiger partial charge in [-0.1, -0.05) is 6.07 Å². The van der Waals surface area contributed by atoms with Gasteiger partial charge < -0.3 is 14.9 Å². The third-order valence-corrected chi connectivity index (χ3v) is 2.38. The highest BCUT2D eigenvalue weighted by Gasteiger charge is 2.03. The number of nitrogens with zero attached hydrogens (tertiary/aromatic N) is 2. The summed E-state index contributed by atoms with van der Waals surface area (Å²) in [7, 11) is 0. The van der Waals surface area contributed by atoms with E-state index in [4.69, 9.17) is 4.74 Å². The Hall–Kier alpha value is -3.15. The van der Waals surface area contributed by atoms with E-state index in [1.54, 1.807) is 18.4 Å². The fourth-order valence-electron chi connectivity index (χ4n) is 1.41. The zero-order chi connectivity index (χ0) is 15.1. The molecule has 1 aromatic rings. The number of allylic oxidation sites excluding steroid dienone is 1. The Morgan fingerprint density at radius 3 is 2.86 bits per heavy atom. The maximum Gasteiger partial charge on any atom is 0.337 e. The molecule has 0 radical (unpaired) electrons. The minimum Gasteiger partial charge on any atom is -0.504 e. The molecule has 0 spiro atoms. The number of carbonyl (C=O) groups excluding carboxylic acids is 1. The molecule has 0 aromatic heterocycles. The second kappa shape index (κ2) is 6.85. The van der Waals surface area contributed by atoms with E-state index in [-0.39, 0.29) is 17.4 Å². The van der Waals surface area contributed by atoms with Crippen molar-refractivity contribution >= 4 is 24.2 Å². The first kappa shape index (κ1) is 14.3. The molecule has 0 bridgehead atoms. The van der Waals surface area contributed by atoms with Crippen molar-refractivity contribution in [2.24, 2.45) is 9.98 Å². The molecule has 2 N–H and O–H groups in total. The first-order chi connectivity index (χ1) is 10.1. The summed E-state index contributed by atoms with van der Waals surface area (Å²) >= 11 is 0. The Labute approximate surface area is 120 Å². The van der Waals surface area contributed by atoms with Crippen molar-refractivity contribution in [2.75, 3.05) is 0 Å². The van der Waals surface area contributed by atoms with Crippen LogP contribution in [0.4, 0.5) is 0 Å². The molecule has 1 heterocycles. The Balaban J connectivity index is 2.01. The molecule has 0 aliphatic carbocycles. The van der Waals surface area contributed by atoms with E-state index in [1.807, 2.05) is 0 Å². The highest BCUT2D eigenvalue weighted by molar-refractivity contribution is 6.01. The van der Waals surface area contributed by atoms with E-state index in [2.05, 4.69) is 9.98 Å². The van der Waals surface area contributed by atoms with Crippen LogP contribution in [0.2, 0.25) is 0 Å². The molecule has 106 valence electrons. The molecule has 0 unspecified atom stereocenters. The first-order valence-electron chi connectivity index (χ1n) is 6.00. The zero-order valence-electron chi connectivity index (χ0n) is 10.9. The van der Waals surface area contributed by atoms with E-state index < -0.39 is 5.97 Å².